The van der Waals surface area contributed by atoms with Crippen molar-refractivity contribution in [1.29, 1.82) is 0 Å². The van der Waals surface area contributed by atoms with Crippen LogP contribution < -0.4 is 15.4 Å². The number of aromatic amines is 1. The number of carbonyl (C=O) groups excluding carboxylic acids is 1. The van der Waals surface area contributed by atoms with Gasteiger partial charge in [-0.05, 0) is 32.9 Å². The highest BCUT2D eigenvalue weighted by Gasteiger charge is 2.21. The normalized spacial score (nSPS) is 13.5. The van der Waals surface area contributed by atoms with Gasteiger partial charge in [0.15, 0.2) is 5.13 Å². The average Bonchev–Trinajstić information content (AvgIpc) is 3.15. The van der Waals surface area contributed by atoms with E-state index in [0.717, 1.165) is 38.1 Å². The lowest BCUT2D eigenvalue weighted by Gasteiger charge is -2.18. The van der Waals surface area contributed by atoms with Crippen LogP contribution in [0.15, 0.2) is 30.3 Å². The molecule has 3 heterocycles. The number of carbonyl (C=O) groups is 1. The van der Waals surface area contributed by atoms with Crippen LogP contribution in [-0.4, -0.2) is 39.9 Å². The smallest absolute Gasteiger partial charge is 0.413 e. The number of nitrogens with one attached hydrogen (secondary N) is 3. The molecule has 4 N–H and O–H groups in total. The van der Waals surface area contributed by atoms with Gasteiger partial charge in [0.1, 0.15) is 23.7 Å². The molecule has 4 aromatic rings. The molecule has 31 heavy (non-hydrogen) atoms. The van der Waals surface area contributed by atoms with Crippen molar-refractivity contribution in [2.24, 2.45) is 0 Å². The van der Waals surface area contributed by atoms with E-state index in [1.807, 2.05) is 39.0 Å². The molecule has 0 spiro atoms. The highest BCUT2D eigenvalue weighted by molar-refractivity contribution is 7.22. The second-order valence-electron chi connectivity index (χ2n) is 8.35. The number of ether oxygens (including phenoxy) is 2. The predicted molar refractivity (Wildman–Crippen MR) is 122 cm³/mol. The molecule has 0 unspecified atom stereocenters. The number of aromatic nitrogens is 2. The van der Waals surface area contributed by atoms with Crippen molar-refractivity contribution in [2.75, 3.05) is 23.8 Å². The monoisotopic (exact) mass is 438 g/mol. The molecule has 0 aliphatic carbocycles. The Morgan fingerprint density at radius 3 is 2.94 bits per heavy atom. The molecule has 1 aliphatic rings. The van der Waals surface area contributed by atoms with Crippen LogP contribution in [0.3, 0.4) is 0 Å². The van der Waals surface area contributed by atoms with E-state index in [0.29, 0.717) is 24.0 Å². The SMILES string of the molecule is CC(C)(C)OC(=O)Nc1nc2ccc(-c3[nH]c4cc(O)cc5c4c3NCCO5)cc2s1. The first-order valence-corrected chi connectivity index (χ1v) is 10.7. The summed E-state index contributed by atoms with van der Waals surface area (Å²) in [6, 6.07) is 9.26. The molecule has 0 radical (unpaired) electrons. The van der Waals surface area contributed by atoms with Gasteiger partial charge < -0.3 is 24.9 Å². The van der Waals surface area contributed by atoms with Gasteiger partial charge in [0, 0.05) is 24.2 Å². The van der Waals surface area contributed by atoms with Crippen molar-refractivity contribution in [3.63, 3.8) is 0 Å². The molecule has 0 atom stereocenters. The van der Waals surface area contributed by atoms with Gasteiger partial charge in [0.05, 0.1) is 32.5 Å². The molecule has 2 aromatic heterocycles. The van der Waals surface area contributed by atoms with E-state index in [-0.39, 0.29) is 5.75 Å². The van der Waals surface area contributed by atoms with Crippen LogP contribution >= 0.6 is 11.3 Å². The first-order chi connectivity index (χ1) is 14.8. The second-order valence-corrected chi connectivity index (χ2v) is 9.38. The summed E-state index contributed by atoms with van der Waals surface area (Å²) in [5.74, 6) is 0.805. The third-order valence-electron chi connectivity index (χ3n) is 4.79. The lowest BCUT2D eigenvalue weighted by atomic mass is 10.1. The van der Waals surface area contributed by atoms with Crippen LogP contribution in [0, 0.1) is 0 Å². The number of rotatable bonds is 2. The Bertz CT molecular complexity index is 1320. The predicted octanol–water partition coefficient (Wildman–Crippen LogP) is 5.30. The molecule has 0 saturated heterocycles. The van der Waals surface area contributed by atoms with Gasteiger partial charge in [0.25, 0.3) is 0 Å². The first-order valence-electron chi connectivity index (χ1n) is 9.93. The van der Waals surface area contributed by atoms with Gasteiger partial charge in [-0.25, -0.2) is 9.78 Å². The Kier molecular flexibility index (Phi) is 4.44. The fourth-order valence-corrected chi connectivity index (χ4v) is 4.54. The van der Waals surface area contributed by atoms with Crippen LogP contribution in [0.25, 0.3) is 32.4 Å². The summed E-state index contributed by atoms with van der Waals surface area (Å²) in [7, 11) is 0. The molecule has 1 aliphatic heterocycles. The largest absolute Gasteiger partial charge is 0.508 e. The number of anilines is 2. The molecule has 0 bridgehead atoms. The van der Waals surface area contributed by atoms with E-state index in [2.05, 4.69) is 20.6 Å². The number of phenolic OH excluding ortho intramolecular Hbond substituents is 1. The Morgan fingerprint density at radius 2 is 2.13 bits per heavy atom. The maximum absolute atomic E-state index is 12.1. The zero-order chi connectivity index (χ0) is 21.8. The summed E-state index contributed by atoms with van der Waals surface area (Å²) in [6.45, 7) is 6.62. The van der Waals surface area contributed by atoms with Crippen LogP contribution in [-0.2, 0) is 4.74 Å². The number of benzene rings is 2. The number of phenols is 1. The molecule has 9 heteroatoms. The van der Waals surface area contributed by atoms with Crippen molar-refractivity contribution in [2.45, 2.75) is 26.4 Å². The molecule has 1 amide bonds. The highest BCUT2D eigenvalue weighted by Crippen LogP contribution is 2.43. The number of hydrogen-bond donors (Lipinski definition) is 4. The summed E-state index contributed by atoms with van der Waals surface area (Å²) in [4.78, 5) is 19.9. The average molecular weight is 439 g/mol. The second kappa shape index (κ2) is 7.05. The quantitative estimate of drug-likeness (QED) is 0.338. The summed E-state index contributed by atoms with van der Waals surface area (Å²) >= 11 is 1.38. The van der Waals surface area contributed by atoms with Gasteiger partial charge in [-0.15, -0.1) is 0 Å². The van der Waals surface area contributed by atoms with Crippen LogP contribution in [0.5, 0.6) is 11.5 Å². The lowest BCUT2D eigenvalue weighted by molar-refractivity contribution is 0.0636. The Balaban J connectivity index is 1.53. The van der Waals surface area contributed by atoms with Gasteiger partial charge in [0.2, 0.25) is 0 Å². The topological polar surface area (TPSA) is 108 Å². The van der Waals surface area contributed by atoms with E-state index in [1.54, 1.807) is 12.1 Å². The fraction of sp³-hybridized carbons (Fsp3) is 0.273. The third kappa shape index (κ3) is 3.72. The summed E-state index contributed by atoms with van der Waals surface area (Å²) in [5, 5.41) is 17.6. The van der Waals surface area contributed by atoms with E-state index < -0.39 is 11.7 Å². The summed E-state index contributed by atoms with van der Waals surface area (Å²) in [6.07, 6.45) is -0.528. The zero-order valence-electron chi connectivity index (χ0n) is 17.3. The maximum Gasteiger partial charge on any atom is 0.413 e. The Morgan fingerprint density at radius 1 is 1.29 bits per heavy atom. The standard InChI is InChI=1S/C22H22N4O4S/c1-22(2,3)30-21(28)26-20-25-13-5-4-11(8-16(13)31-20)18-19-17-14(24-18)9-12(27)10-15(17)29-7-6-23-19/h4-5,8-10,23-24,27H,6-7H2,1-3H3,(H,25,26,28). The highest BCUT2D eigenvalue weighted by atomic mass is 32.1. The Labute approximate surface area is 182 Å². The minimum absolute atomic E-state index is 0.152. The molecule has 8 nitrogen and oxygen atoms in total. The summed E-state index contributed by atoms with van der Waals surface area (Å²) in [5.41, 5.74) is 3.82. The van der Waals surface area contributed by atoms with Crippen molar-refractivity contribution in [3.05, 3.63) is 30.3 Å². The minimum atomic E-state index is -0.576. The van der Waals surface area contributed by atoms with Gasteiger partial charge in [-0.3, -0.25) is 5.32 Å². The Hall–Kier alpha value is -3.46. The molecule has 2 aromatic carbocycles. The molecule has 5 rings (SSSR count). The van der Waals surface area contributed by atoms with Crippen molar-refractivity contribution in [1.82, 2.24) is 9.97 Å². The molecular formula is C22H22N4O4S. The first kappa shape index (κ1) is 19.5. The number of H-pyrrole nitrogens is 1. The van der Waals surface area contributed by atoms with Crippen LogP contribution in [0.2, 0.25) is 0 Å². The molecule has 160 valence electrons. The number of fused-ring (bicyclic) bond motifs is 1. The van der Waals surface area contributed by atoms with E-state index in [9.17, 15) is 9.90 Å². The fourth-order valence-electron chi connectivity index (χ4n) is 3.65. The van der Waals surface area contributed by atoms with E-state index in [1.165, 1.54) is 11.3 Å². The number of amides is 1. The molecule has 0 saturated carbocycles. The summed E-state index contributed by atoms with van der Waals surface area (Å²) < 4.78 is 12.0. The van der Waals surface area contributed by atoms with E-state index >= 15 is 0 Å². The molecular weight excluding hydrogens is 416 g/mol. The number of thiazole rings is 1. The van der Waals surface area contributed by atoms with Gasteiger partial charge in [-0.2, -0.15) is 0 Å². The number of hydrogen-bond acceptors (Lipinski definition) is 7. The lowest BCUT2D eigenvalue weighted by Crippen LogP contribution is -2.27. The third-order valence-corrected chi connectivity index (χ3v) is 5.73. The van der Waals surface area contributed by atoms with Gasteiger partial charge in [-0.1, -0.05) is 17.4 Å². The van der Waals surface area contributed by atoms with E-state index in [4.69, 9.17) is 9.47 Å². The van der Waals surface area contributed by atoms with Crippen molar-refractivity contribution in [3.8, 4) is 22.8 Å². The molecule has 0 fully saturated rings. The maximum atomic E-state index is 12.1. The van der Waals surface area contributed by atoms with Crippen molar-refractivity contribution >= 4 is 49.4 Å². The number of nitrogens with zero attached hydrogens (tertiary/aromatic N) is 1. The van der Waals surface area contributed by atoms with Gasteiger partial charge >= 0.3 is 6.09 Å². The zero-order valence-corrected chi connectivity index (χ0v) is 18.1. The van der Waals surface area contributed by atoms with Crippen LogP contribution in [0.1, 0.15) is 20.8 Å². The number of aromatic hydroxyl groups is 1. The van der Waals surface area contributed by atoms with Crippen LogP contribution in [0.4, 0.5) is 15.6 Å². The van der Waals surface area contributed by atoms with Crippen molar-refractivity contribution < 1.29 is 19.4 Å². The minimum Gasteiger partial charge on any atom is -0.508 e.